The Morgan fingerprint density at radius 3 is 2.74 bits per heavy atom. The summed E-state index contributed by atoms with van der Waals surface area (Å²) in [5.41, 5.74) is -0.215. The van der Waals surface area contributed by atoms with Gasteiger partial charge in [0.25, 0.3) is 0 Å². The molecule has 0 bridgehead atoms. The molecule has 5 rings (SSSR count). The Balaban J connectivity index is 1.37. The van der Waals surface area contributed by atoms with Crippen molar-refractivity contribution in [2.75, 3.05) is 11.4 Å². The Kier molecular flexibility index (Phi) is 7.00. The molecular formula is C26H30F2N6O5. The van der Waals surface area contributed by atoms with Gasteiger partial charge in [0.05, 0.1) is 25.0 Å². The van der Waals surface area contributed by atoms with Crippen molar-refractivity contribution in [2.24, 2.45) is 0 Å². The highest BCUT2D eigenvalue weighted by Gasteiger charge is 2.38. The standard InChI is InChI=1S/C26H30F2N6O5/c1-26(2,3)39-25(37)31-16-4-5-17(10-16)38-23-18(8-14(27)11-29-23)20-9-15(28)13-33(20)21-6-7-34-22(32-21)19(12-30-34)24(35)36/h6-8,11-12,15-17,20H,4-5,9-10,13H2,1-3H3,(H,31,37)(H,35,36)/t15-,16-,17+,20+/m0/s1. The number of pyridine rings is 1. The number of carboxylic acid groups (broad SMARTS) is 1. The van der Waals surface area contributed by atoms with Crippen LogP contribution < -0.4 is 15.0 Å². The fraction of sp³-hybridized carbons (Fsp3) is 0.500. The summed E-state index contributed by atoms with van der Waals surface area (Å²) in [5, 5.41) is 16.3. The first-order valence-electron chi connectivity index (χ1n) is 12.8. The van der Waals surface area contributed by atoms with Gasteiger partial charge in [-0.15, -0.1) is 0 Å². The molecular weight excluding hydrogens is 514 g/mol. The van der Waals surface area contributed by atoms with Crippen LogP contribution in [0, 0.1) is 5.82 Å². The van der Waals surface area contributed by atoms with Gasteiger partial charge in [-0.25, -0.2) is 32.9 Å². The monoisotopic (exact) mass is 544 g/mol. The molecule has 0 radical (unpaired) electrons. The topological polar surface area (TPSA) is 131 Å². The lowest BCUT2D eigenvalue weighted by atomic mass is 10.1. The predicted octanol–water partition coefficient (Wildman–Crippen LogP) is 4.08. The zero-order valence-corrected chi connectivity index (χ0v) is 21.8. The number of carboxylic acids is 1. The number of rotatable bonds is 6. The van der Waals surface area contributed by atoms with E-state index in [1.54, 1.807) is 37.9 Å². The largest absolute Gasteiger partial charge is 0.477 e. The maximum atomic E-state index is 14.8. The minimum Gasteiger partial charge on any atom is -0.477 e. The number of amides is 1. The first kappa shape index (κ1) is 26.6. The average Bonchev–Trinajstić information content (AvgIpc) is 3.56. The summed E-state index contributed by atoms with van der Waals surface area (Å²) >= 11 is 0. The zero-order valence-electron chi connectivity index (χ0n) is 21.8. The van der Waals surface area contributed by atoms with Crippen LogP contribution in [0.5, 0.6) is 5.88 Å². The number of nitrogens with one attached hydrogen (secondary N) is 1. The van der Waals surface area contributed by atoms with Gasteiger partial charge in [0.2, 0.25) is 5.88 Å². The fourth-order valence-electron chi connectivity index (χ4n) is 5.09. The number of aromatic nitrogens is 4. The number of hydrogen-bond donors (Lipinski definition) is 2. The highest BCUT2D eigenvalue weighted by Crippen LogP contribution is 2.41. The molecule has 0 unspecified atom stereocenters. The van der Waals surface area contributed by atoms with Crippen LogP contribution in [0.4, 0.5) is 19.4 Å². The molecule has 0 spiro atoms. The van der Waals surface area contributed by atoms with E-state index in [9.17, 15) is 23.5 Å². The second-order valence-electron chi connectivity index (χ2n) is 10.9. The molecule has 1 saturated carbocycles. The minimum atomic E-state index is -1.23. The van der Waals surface area contributed by atoms with Gasteiger partial charge in [-0.3, -0.25) is 0 Å². The highest BCUT2D eigenvalue weighted by atomic mass is 19.1. The van der Waals surface area contributed by atoms with Gasteiger partial charge in [-0.05, 0) is 45.7 Å². The van der Waals surface area contributed by atoms with Crippen LogP contribution in [-0.2, 0) is 4.74 Å². The van der Waals surface area contributed by atoms with Crippen molar-refractivity contribution in [3.63, 3.8) is 0 Å². The molecule has 13 heteroatoms. The molecule has 1 aliphatic heterocycles. The number of carbonyl (C=O) groups excluding carboxylic acids is 1. The second-order valence-corrected chi connectivity index (χ2v) is 10.9. The molecule has 4 heterocycles. The van der Waals surface area contributed by atoms with E-state index in [2.05, 4.69) is 20.4 Å². The third-order valence-corrected chi connectivity index (χ3v) is 6.72. The van der Waals surface area contributed by atoms with Crippen LogP contribution in [0.25, 0.3) is 5.65 Å². The summed E-state index contributed by atoms with van der Waals surface area (Å²) in [7, 11) is 0. The Labute approximate surface area is 223 Å². The summed E-state index contributed by atoms with van der Waals surface area (Å²) in [5.74, 6) is -1.27. The van der Waals surface area contributed by atoms with Crippen LogP contribution in [-0.4, -0.2) is 67.2 Å². The average molecular weight is 545 g/mol. The Bertz CT molecular complexity index is 1390. The first-order chi connectivity index (χ1) is 18.5. The van der Waals surface area contributed by atoms with E-state index < -0.39 is 35.7 Å². The van der Waals surface area contributed by atoms with Crippen molar-refractivity contribution in [1.82, 2.24) is 24.9 Å². The maximum Gasteiger partial charge on any atom is 0.407 e. The molecule has 1 aliphatic carbocycles. The SMILES string of the molecule is CC(C)(C)OC(=O)N[C@H]1CC[C@@H](Oc2ncc(F)cc2[C@H]2C[C@H](F)CN2c2ccn3ncc(C(=O)O)c3n2)C1. The molecule has 3 aromatic rings. The zero-order chi connectivity index (χ0) is 27.9. The van der Waals surface area contributed by atoms with Gasteiger partial charge in [-0.1, -0.05) is 0 Å². The van der Waals surface area contributed by atoms with Crippen LogP contribution in [0.1, 0.15) is 68.4 Å². The fourth-order valence-corrected chi connectivity index (χ4v) is 5.09. The molecule has 1 saturated heterocycles. The molecule has 2 aliphatic rings. The van der Waals surface area contributed by atoms with E-state index in [4.69, 9.17) is 9.47 Å². The predicted molar refractivity (Wildman–Crippen MR) is 135 cm³/mol. The highest BCUT2D eigenvalue weighted by molar-refractivity contribution is 5.94. The van der Waals surface area contributed by atoms with Crippen LogP contribution in [0.3, 0.4) is 0 Å². The van der Waals surface area contributed by atoms with Crippen molar-refractivity contribution >= 4 is 23.5 Å². The van der Waals surface area contributed by atoms with Crippen molar-refractivity contribution in [3.05, 3.63) is 47.7 Å². The van der Waals surface area contributed by atoms with E-state index in [0.29, 0.717) is 30.6 Å². The Hall–Kier alpha value is -4.03. The van der Waals surface area contributed by atoms with Crippen molar-refractivity contribution in [2.45, 2.75) is 76.4 Å². The van der Waals surface area contributed by atoms with Crippen LogP contribution in [0.15, 0.2) is 30.7 Å². The number of anilines is 1. The van der Waals surface area contributed by atoms with Crippen LogP contribution >= 0.6 is 0 Å². The van der Waals surface area contributed by atoms with Gasteiger partial charge in [0.15, 0.2) is 5.65 Å². The molecule has 39 heavy (non-hydrogen) atoms. The summed E-state index contributed by atoms with van der Waals surface area (Å²) in [6.07, 6.45) is 3.62. The number of hydrogen-bond acceptors (Lipinski definition) is 8. The number of halogens is 2. The maximum absolute atomic E-state index is 14.8. The van der Waals surface area contributed by atoms with Crippen molar-refractivity contribution < 1.29 is 33.0 Å². The summed E-state index contributed by atoms with van der Waals surface area (Å²) < 4.78 is 42.0. The van der Waals surface area contributed by atoms with Gasteiger partial charge in [0.1, 0.15) is 35.1 Å². The third kappa shape index (κ3) is 5.86. The lowest BCUT2D eigenvalue weighted by Crippen LogP contribution is -2.38. The molecule has 0 aromatic carbocycles. The number of nitrogens with zero attached hydrogens (tertiary/aromatic N) is 5. The molecule has 4 atom stereocenters. The van der Waals surface area contributed by atoms with E-state index in [0.717, 1.165) is 6.20 Å². The first-order valence-corrected chi connectivity index (χ1v) is 12.8. The second kappa shape index (κ2) is 10.3. The van der Waals surface area contributed by atoms with Gasteiger partial charge >= 0.3 is 12.1 Å². The number of alkyl halides is 1. The molecule has 1 amide bonds. The van der Waals surface area contributed by atoms with Gasteiger partial charge in [-0.2, -0.15) is 5.10 Å². The van der Waals surface area contributed by atoms with E-state index in [1.807, 2.05) is 0 Å². The number of carbonyl (C=O) groups is 2. The molecule has 3 aromatic heterocycles. The summed E-state index contributed by atoms with van der Waals surface area (Å²) in [6.45, 7) is 5.35. The molecule has 11 nitrogen and oxygen atoms in total. The van der Waals surface area contributed by atoms with Crippen molar-refractivity contribution in [3.8, 4) is 5.88 Å². The lowest BCUT2D eigenvalue weighted by molar-refractivity contribution is 0.0502. The Morgan fingerprint density at radius 2 is 2.00 bits per heavy atom. The van der Waals surface area contributed by atoms with Gasteiger partial charge in [0, 0.05) is 30.6 Å². The number of fused-ring (bicyclic) bond motifs is 1. The third-order valence-electron chi connectivity index (χ3n) is 6.72. The molecule has 208 valence electrons. The Morgan fingerprint density at radius 1 is 1.21 bits per heavy atom. The van der Waals surface area contributed by atoms with E-state index in [-0.39, 0.29) is 42.2 Å². The van der Waals surface area contributed by atoms with Crippen molar-refractivity contribution in [1.29, 1.82) is 0 Å². The van der Waals surface area contributed by atoms with E-state index >= 15 is 0 Å². The van der Waals surface area contributed by atoms with E-state index in [1.165, 1.54) is 16.8 Å². The molecule has 2 N–H and O–H groups in total. The normalized spacial score (nSPS) is 23.3. The molecule has 2 fully saturated rings. The van der Waals surface area contributed by atoms with Crippen LogP contribution in [0.2, 0.25) is 0 Å². The lowest BCUT2D eigenvalue weighted by Gasteiger charge is -2.27. The summed E-state index contributed by atoms with van der Waals surface area (Å²) in [6, 6.07) is 2.08. The smallest absolute Gasteiger partial charge is 0.407 e. The quantitative estimate of drug-likeness (QED) is 0.471. The number of alkyl carbamates (subject to hydrolysis) is 1. The summed E-state index contributed by atoms with van der Waals surface area (Å²) in [4.78, 5) is 34.0. The number of ether oxygens (including phenoxy) is 2. The minimum absolute atomic E-state index is 0.0222. The number of aromatic carboxylic acids is 1. The van der Waals surface area contributed by atoms with Gasteiger partial charge < -0.3 is 24.8 Å².